The standard InChI is InChI=1S/C16H27NO/c1-4-16(15-9-7-13(2)8-10-15)17-11-5-6-14(3)12-18/h7-10,14,16-18H,4-6,11-12H2,1-3H3. The summed E-state index contributed by atoms with van der Waals surface area (Å²) in [5.41, 5.74) is 2.68. The number of benzene rings is 1. The molecule has 1 aromatic carbocycles. The first-order valence-corrected chi connectivity index (χ1v) is 7.08. The molecule has 1 aromatic rings. The largest absolute Gasteiger partial charge is 0.396 e. The number of hydrogen-bond acceptors (Lipinski definition) is 2. The number of aliphatic hydroxyl groups excluding tert-OH is 1. The molecule has 1 rings (SSSR count). The fourth-order valence-electron chi connectivity index (χ4n) is 2.11. The van der Waals surface area contributed by atoms with Crippen molar-refractivity contribution in [1.29, 1.82) is 0 Å². The molecule has 0 aliphatic carbocycles. The molecule has 0 aliphatic heterocycles. The van der Waals surface area contributed by atoms with E-state index in [9.17, 15) is 0 Å². The van der Waals surface area contributed by atoms with Crippen LogP contribution in [0, 0.1) is 12.8 Å². The van der Waals surface area contributed by atoms with Gasteiger partial charge in [-0.05, 0) is 44.2 Å². The van der Waals surface area contributed by atoms with E-state index in [1.54, 1.807) is 0 Å². The lowest BCUT2D eigenvalue weighted by atomic mass is 10.0. The van der Waals surface area contributed by atoms with Crippen LogP contribution in [0.1, 0.15) is 50.3 Å². The Balaban J connectivity index is 2.36. The highest BCUT2D eigenvalue weighted by molar-refractivity contribution is 5.23. The molecule has 2 atom stereocenters. The van der Waals surface area contributed by atoms with Crippen molar-refractivity contribution in [2.75, 3.05) is 13.2 Å². The van der Waals surface area contributed by atoms with Gasteiger partial charge in [-0.25, -0.2) is 0 Å². The molecule has 0 amide bonds. The quantitative estimate of drug-likeness (QED) is 0.692. The van der Waals surface area contributed by atoms with Crippen molar-refractivity contribution in [1.82, 2.24) is 5.32 Å². The zero-order valence-electron chi connectivity index (χ0n) is 11.9. The van der Waals surface area contributed by atoms with Crippen LogP contribution in [-0.2, 0) is 0 Å². The SMILES string of the molecule is CCC(NCCCC(C)CO)c1ccc(C)cc1. The van der Waals surface area contributed by atoms with Crippen LogP contribution in [0.2, 0.25) is 0 Å². The van der Waals surface area contributed by atoms with E-state index in [0.29, 0.717) is 18.6 Å². The van der Waals surface area contributed by atoms with Crippen LogP contribution >= 0.6 is 0 Å². The molecule has 2 N–H and O–H groups in total. The first-order chi connectivity index (χ1) is 8.67. The van der Waals surface area contributed by atoms with E-state index in [-0.39, 0.29) is 0 Å². The van der Waals surface area contributed by atoms with Crippen molar-refractivity contribution >= 4 is 0 Å². The molecule has 0 fully saturated rings. The van der Waals surface area contributed by atoms with Crippen LogP contribution in [0.3, 0.4) is 0 Å². The zero-order valence-corrected chi connectivity index (χ0v) is 11.9. The van der Waals surface area contributed by atoms with Gasteiger partial charge in [0.25, 0.3) is 0 Å². The molecule has 2 unspecified atom stereocenters. The molecule has 0 aliphatic rings. The average molecular weight is 249 g/mol. The summed E-state index contributed by atoms with van der Waals surface area (Å²) in [7, 11) is 0. The van der Waals surface area contributed by atoms with Gasteiger partial charge in [0.15, 0.2) is 0 Å². The van der Waals surface area contributed by atoms with E-state index < -0.39 is 0 Å². The van der Waals surface area contributed by atoms with Crippen molar-refractivity contribution in [3.63, 3.8) is 0 Å². The second-order valence-electron chi connectivity index (χ2n) is 5.26. The molecule has 0 radical (unpaired) electrons. The third-order valence-electron chi connectivity index (χ3n) is 3.46. The average Bonchev–Trinajstić information content (AvgIpc) is 2.40. The first-order valence-electron chi connectivity index (χ1n) is 7.08. The summed E-state index contributed by atoms with van der Waals surface area (Å²) in [4.78, 5) is 0. The molecular weight excluding hydrogens is 222 g/mol. The van der Waals surface area contributed by atoms with Gasteiger partial charge < -0.3 is 10.4 Å². The van der Waals surface area contributed by atoms with Gasteiger partial charge in [0.1, 0.15) is 0 Å². The number of aryl methyl sites for hydroxylation is 1. The summed E-state index contributed by atoms with van der Waals surface area (Å²) in [6.45, 7) is 7.76. The molecule has 0 spiro atoms. The Labute approximate surface area is 111 Å². The Morgan fingerprint density at radius 3 is 2.44 bits per heavy atom. The molecule has 102 valence electrons. The predicted octanol–water partition coefficient (Wildman–Crippen LogP) is 3.44. The Morgan fingerprint density at radius 1 is 1.22 bits per heavy atom. The van der Waals surface area contributed by atoms with E-state index in [2.05, 4.69) is 50.4 Å². The Bertz CT molecular complexity index is 320. The zero-order chi connectivity index (χ0) is 13.4. The van der Waals surface area contributed by atoms with Gasteiger partial charge >= 0.3 is 0 Å². The smallest absolute Gasteiger partial charge is 0.0456 e. The lowest BCUT2D eigenvalue weighted by Crippen LogP contribution is -2.22. The predicted molar refractivity (Wildman–Crippen MR) is 77.7 cm³/mol. The number of rotatable bonds is 8. The molecule has 0 saturated carbocycles. The van der Waals surface area contributed by atoms with Crippen molar-refractivity contribution in [2.45, 2.75) is 46.1 Å². The van der Waals surface area contributed by atoms with Crippen LogP contribution < -0.4 is 5.32 Å². The highest BCUT2D eigenvalue weighted by atomic mass is 16.3. The lowest BCUT2D eigenvalue weighted by Gasteiger charge is -2.18. The molecule has 0 saturated heterocycles. The fraction of sp³-hybridized carbons (Fsp3) is 0.625. The molecular formula is C16H27NO. The maximum Gasteiger partial charge on any atom is 0.0456 e. The highest BCUT2D eigenvalue weighted by Crippen LogP contribution is 2.17. The van der Waals surface area contributed by atoms with Gasteiger partial charge in [-0.3, -0.25) is 0 Å². The second-order valence-corrected chi connectivity index (χ2v) is 5.26. The number of hydrogen-bond donors (Lipinski definition) is 2. The summed E-state index contributed by atoms with van der Waals surface area (Å²) >= 11 is 0. The molecule has 0 heterocycles. The van der Waals surface area contributed by atoms with E-state index in [0.717, 1.165) is 25.8 Å². The summed E-state index contributed by atoms with van der Waals surface area (Å²) in [5.74, 6) is 0.422. The minimum Gasteiger partial charge on any atom is -0.396 e. The maximum absolute atomic E-state index is 8.97. The molecule has 0 bridgehead atoms. The minimum absolute atomic E-state index is 0.301. The summed E-state index contributed by atoms with van der Waals surface area (Å²) in [5, 5.41) is 12.6. The van der Waals surface area contributed by atoms with Crippen LogP contribution in [0.4, 0.5) is 0 Å². The van der Waals surface area contributed by atoms with Crippen molar-refractivity contribution < 1.29 is 5.11 Å². The summed E-state index contributed by atoms with van der Waals surface area (Å²) in [6.07, 6.45) is 3.33. The Hall–Kier alpha value is -0.860. The lowest BCUT2D eigenvalue weighted by molar-refractivity contribution is 0.227. The molecule has 18 heavy (non-hydrogen) atoms. The van der Waals surface area contributed by atoms with Gasteiger partial charge in [-0.1, -0.05) is 43.7 Å². The molecule has 0 aromatic heterocycles. The topological polar surface area (TPSA) is 32.3 Å². The van der Waals surface area contributed by atoms with Gasteiger partial charge in [0, 0.05) is 12.6 Å². The van der Waals surface area contributed by atoms with Crippen LogP contribution in [0.15, 0.2) is 24.3 Å². The van der Waals surface area contributed by atoms with Gasteiger partial charge in [-0.15, -0.1) is 0 Å². The van der Waals surface area contributed by atoms with Crippen molar-refractivity contribution in [2.24, 2.45) is 5.92 Å². The van der Waals surface area contributed by atoms with Crippen LogP contribution in [-0.4, -0.2) is 18.3 Å². The number of aliphatic hydroxyl groups is 1. The second kappa shape index (κ2) is 8.28. The third kappa shape index (κ3) is 5.19. The van der Waals surface area contributed by atoms with Gasteiger partial charge in [0.05, 0.1) is 0 Å². The first kappa shape index (κ1) is 15.2. The van der Waals surface area contributed by atoms with Crippen LogP contribution in [0.25, 0.3) is 0 Å². The van der Waals surface area contributed by atoms with E-state index in [4.69, 9.17) is 5.11 Å². The fourth-order valence-corrected chi connectivity index (χ4v) is 2.11. The van der Waals surface area contributed by atoms with Gasteiger partial charge in [0.2, 0.25) is 0 Å². The molecule has 2 nitrogen and oxygen atoms in total. The van der Waals surface area contributed by atoms with E-state index in [1.807, 2.05) is 0 Å². The maximum atomic E-state index is 8.97. The minimum atomic E-state index is 0.301. The summed E-state index contributed by atoms with van der Waals surface area (Å²) in [6, 6.07) is 9.23. The monoisotopic (exact) mass is 249 g/mol. The van der Waals surface area contributed by atoms with Crippen molar-refractivity contribution in [3.8, 4) is 0 Å². The van der Waals surface area contributed by atoms with E-state index >= 15 is 0 Å². The Morgan fingerprint density at radius 2 is 1.89 bits per heavy atom. The van der Waals surface area contributed by atoms with Gasteiger partial charge in [-0.2, -0.15) is 0 Å². The summed E-state index contributed by atoms with van der Waals surface area (Å²) < 4.78 is 0. The third-order valence-corrected chi connectivity index (χ3v) is 3.46. The number of nitrogens with one attached hydrogen (secondary N) is 1. The Kier molecular flexibility index (Phi) is 6.99. The molecule has 2 heteroatoms. The van der Waals surface area contributed by atoms with Crippen molar-refractivity contribution in [3.05, 3.63) is 35.4 Å². The highest BCUT2D eigenvalue weighted by Gasteiger charge is 2.08. The van der Waals surface area contributed by atoms with Crippen LogP contribution in [0.5, 0.6) is 0 Å². The van der Waals surface area contributed by atoms with E-state index in [1.165, 1.54) is 11.1 Å². The normalized spacial score (nSPS) is 14.4.